The molecular weight excluding hydrogens is 371 g/mol. The molecule has 0 aliphatic heterocycles. The van der Waals surface area contributed by atoms with Gasteiger partial charge in [0, 0.05) is 0 Å². The predicted molar refractivity (Wildman–Crippen MR) is 121 cm³/mol. The lowest BCUT2D eigenvalue weighted by Crippen LogP contribution is -2.11. The van der Waals surface area contributed by atoms with E-state index in [4.69, 9.17) is 14.3 Å². The van der Waals surface area contributed by atoms with Crippen molar-refractivity contribution < 1.29 is 18.9 Å². The first-order valence-corrected chi connectivity index (χ1v) is 13.8. The zero-order valence-corrected chi connectivity index (χ0v) is 19.8. The molecule has 0 heterocycles. The first-order valence-electron chi connectivity index (χ1n) is 12.2. The van der Waals surface area contributed by atoms with Gasteiger partial charge >= 0.3 is 7.82 Å². The molecule has 0 aliphatic carbocycles. The van der Waals surface area contributed by atoms with Crippen LogP contribution in [0.2, 0.25) is 0 Å². The molecule has 0 saturated carbocycles. The van der Waals surface area contributed by atoms with Crippen LogP contribution >= 0.6 is 7.82 Å². The minimum absolute atomic E-state index is 0.282. The lowest BCUT2D eigenvalue weighted by molar-refractivity contribution is 0.115. The summed E-state index contributed by atoms with van der Waals surface area (Å²) in [6, 6.07) is 0. The summed E-state index contributed by atoms with van der Waals surface area (Å²) in [5.74, 6) is 0. The molecule has 0 aromatic carbocycles. The van der Waals surface area contributed by atoms with Crippen molar-refractivity contribution in [3.63, 3.8) is 0 Å². The Kier molecular flexibility index (Phi) is 20.5. The Morgan fingerprint density at radius 2 is 0.857 bits per heavy atom. The molecule has 0 spiro atoms. The van der Waals surface area contributed by atoms with Gasteiger partial charge in [-0.2, -0.15) is 0 Å². The third-order valence-corrected chi connectivity index (χ3v) is 6.12. The maximum Gasteiger partial charge on any atom is 0.469 e. The van der Waals surface area contributed by atoms with Crippen LogP contribution in [-0.4, -0.2) is 15.9 Å². The number of phosphoric acid groups is 1. The van der Waals surface area contributed by atoms with Crippen LogP contribution in [0.1, 0.15) is 142 Å². The van der Waals surface area contributed by atoms with E-state index in [1.807, 2.05) is 0 Å². The van der Waals surface area contributed by atoms with Crippen molar-refractivity contribution in [3.05, 3.63) is 0 Å². The summed E-state index contributed by atoms with van der Waals surface area (Å²) in [6.07, 6.45) is 24.0. The highest BCUT2D eigenvalue weighted by atomic mass is 31.2. The average molecular weight is 421 g/mol. The van der Waals surface area contributed by atoms with Gasteiger partial charge in [0.2, 0.25) is 0 Å². The van der Waals surface area contributed by atoms with Crippen molar-refractivity contribution in [2.75, 3.05) is 0 Å². The second kappa shape index (κ2) is 20.4. The fourth-order valence-electron chi connectivity index (χ4n) is 3.81. The quantitative estimate of drug-likeness (QED) is 0.136. The van der Waals surface area contributed by atoms with E-state index in [0.29, 0.717) is 0 Å². The van der Waals surface area contributed by atoms with Crippen molar-refractivity contribution in [2.45, 2.75) is 148 Å². The smallest absolute Gasteiger partial charge is 0.303 e. The molecule has 0 aliphatic rings. The Morgan fingerprint density at radius 1 is 0.571 bits per heavy atom. The molecule has 1 atom stereocenters. The first kappa shape index (κ1) is 28.1. The maximum absolute atomic E-state index is 11.2. The highest BCUT2D eigenvalue weighted by molar-refractivity contribution is 7.46. The largest absolute Gasteiger partial charge is 0.469 e. The van der Waals surface area contributed by atoms with E-state index in [9.17, 15) is 4.57 Å². The molecule has 0 amide bonds. The number of hydrogen-bond donors (Lipinski definition) is 2. The molecule has 4 nitrogen and oxygen atoms in total. The molecule has 5 heteroatoms. The van der Waals surface area contributed by atoms with Crippen LogP contribution < -0.4 is 0 Å². The van der Waals surface area contributed by atoms with Gasteiger partial charge in [-0.15, -0.1) is 0 Å². The molecule has 0 bridgehead atoms. The number of hydrogen-bond acceptors (Lipinski definition) is 2. The van der Waals surface area contributed by atoms with E-state index in [-0.39, 0.29) is 6.10 Å². The summed E-state index contributed by atoms with van der Waals surface area (Å²) >= 11 is 0. The van der Waals surface area contributed by atoms with Crippen LogP contribution in [0.3, 0.4) is 0 Å². The van der Waals surface area contributed by atoms with E-state index in [2.05, 4.69) is 13.8 Å². The number of phosphoric ester groups is 1. The molecule has 0 saturated heterocycles. The zero-order valence-electron chi connectivity index (χ0n) is 18.9. The summed E-state index contributed by atoms with van der Waals surface area (Å²) in [5, 5.41) is 0. The fraction of sp³-hybridized carbons (Fsp3) is 1.00. The third kappa shape index (κ3) is 22.4. The van der Waals surface area contributed by atoms with Crippen molar-refractivity contribution >= 4 is 7.82 Å². The predicted octanol–water partition coefficient (Wildman–Crippen LogP) is 8.31. The molecular formula is C23H49O4P. The van der Waals surface area contributed by atoms with Gasteiger partial charge in [0.15, 0.2) is 0 Å². The highest BCUT2D eigenvalue weighted by Crippen LogP contribution is 2.39. The van der Waals surface area contributed by atoms with Gasteiger partial charge in [0.25, 0.3) is 0 Å². The normalized spacial score (nSPS) is 13.1. The molecule has 2 N–H and O–H groups in total. The summed E-state index contributed by atoms with van der Waals surface area (Å²) in [4.78, 5) is 18.3. The maximum atomic E-state index is 11.2. The monoisotopic (exact) mass is 420 g/mol. The number of unbranched alkanes of at least 4 members (excludes halogenated alkanes) is 16. The van der Waals surface area contributed by atoms with Crippen LogP contribution in [0.15, 0.2) is 0 Å². The lowest BCUT2D eigenvalue weighted by Gasteiger charge is -2.18. The minimum atomic E-state index is -4.37. The van der Waals surface area contributed by atoms with Crippen LogP contribution in [0.25, 0.3) is 0 Å². The summed E-state index contributed by atoms with van der Waals surface area (Å²) in [5.41, 5.74) is 0. The summed E-state index contributed by atoms with van der Waals surface area (Å²) < 4.78 is 16.3. The van der Waals surface area contributed by atoms with E-state index >= 15 is 0 Å². The van der Waals surface area contributed by atoms with Gasteiger partial charge < -0.3 is 9.79 Å². The molecule has 0 rings (SSSR count). The summed E-state index contributed by atoms with van der Waals surface area (Å²) in [7, 11) is -4.37. The third-order valence-electron chi connectivity index (χ3n) is 5.55. The van der Waals surface area contributed by atoms with Gasteiger partial charge in [-0.3, -0.25) is 4.52 Å². The van der Waals surface area contributed by atoms with Gasteiger partial charge in [0.1, 0.15) is 0 Å². The topological polar surface area (TPSA) is 66.8 Å². The van der Waals surface area contributed by atoms with Crippen molar-refractivity contribution in [3.8, 4) is 0 Å². The number of rotatable bonds is 22. The van der Waals surface area contributed by atoms with E-state index in [0.717, 1.165) is 38.5 Å². The molecule has 170 valence electrons. The van der Waals surface area contributed by atoms with E-state index < -0.39 is 7.82 Å². The zero-order chi connectivity index (χ0) is 20.9. The summed E-state index contributed by atoms with van der Waals surface area (Å²) in [6.45, 7) is 4.48. The SMILES string of the molecule is CCCCCCCCCCCCCC(CCCCCCCCC)OP(=O)(O)O. The first-order chi connectivity index (χ1) is 13.5. The van der Waals surface area contributed by atoms with E-state index in [1.165, 1.54) is 89.9 Å². The van der Waals surface area contributed by atoms with Crippen molar-refractivity contribution in [2.24, 2.45) is 0 Å². The van der Waals surface area contributed by atoms with Crippen LogP contribution in [0.4, 0.5) is 0 Å². The Hall–Kier alpha value is 0.110. The van der Waals surface area contributed by atoms with Crippen molar-refractivity contribution in [1.29, 1.82) is 0 Å². The molecule has 1 unspecified atom stereocenters. The van der Waals surface area contributed by atoms with Gasteiger partial charge in [0.05, 0.1) is 6.10 Å². The molecule has 0 aromatic heterocycles. The molecule has 0 radical (unpaired) electrons. The van der Waals surface area contributed by atoms with Gasteiger partial charge in [-0.05, 0) is 12.8 Å². The second-order valence-corrected chi connectivity index (χ2v) is 9.64. The van der Waals surface area contributed by atoms with E-state index in [1.54, 1.807) is 0 Å². The van der Waals surface area contributed by atoms with Crippen molar-refractivity contribution in [1.82, 2.24) is 0 Å². The Bertz CT molecular complexity index is 357. The molecule has 0 fully saturated rings. The minimum Gasteiger partial charge on any atom is -0.303 e. The second-order valence-electron chi connectivity index (χ2n) is 8.45. The van der Waals surface area contributed by atoms with Crippen LogP contribution in [-0.2, 0) is 9.09 Å². The van der Waals surface area contributed by atoms with Gasteiger partial charge in [-0.25, -0.2) is 4.57 Å². The lowest BCUT2D eigenvalue weighted by atomic mass is 10.0. The Balaban J connectivity index is 3.70. The fourth-order valence-corrected chi connectivity index (χ4v) is 4.41. The van der Waals surface area contributed by atoms with Crippen LogP contribution in [0.5, 0.6) is 0 Å². The molecule has 0 aromatic rings. The Morgan fingerprint density at radius 3 is 1.14 bits per heavy atom. The molecule has 28 heavy (non-hydrogen) atoms. The highest BCUT2D eigenvalue weighted by Gasteiger charge is 2.21. The average Bonchev–Trinajstić information content (AvgIpc) is 2.64. The van der Waals surface area contributed by atoms with Crippen LogP contribution in [0, 0.1) is 0 Å². The standard InChI is InChI=1S/C23H49O4P/c1-3-5-7-9-11-12-13-14-16-18-20-22-23(27-28(24,25)26)21-19-17-15-10-8-6-4-2/h23H,3-22H2,1-2H3,(H2,24,25,26). The Labute approximate surface area is 175 Å². The van der Waals surface area contributed by atoms with Gasteiger partial charge in [-0.1, -0.05) is 129 Å².